The molecule has 6 nitrogen and oxygen atoms in total. The minimum absolute atomic E-state index is 0.185. The van der Waals surface area contributed by atoms with Crippen LogP contribution in [0.3, 0.4) is 0 Å². The number of carbonyl (C=O) groups is 2. The summed E-state index contributed by atoms with van der Waals surface area (Å²) < 4.78 is 58.9. The average molecular weight is 481 g/mol. The van der Waals surface area contributed by atoms with Gasteiger partial charge in [-0.2, -0.15) is 18.4 Å². The van der Waals surface area contributed by atoms with Crippen molar-refractivity contribution in [2.45, 2.75) is 25.6 Å². The molecule has 0 N–H and O–H groups in total. The van der Waals surface area contributed by atoms with Crippen LogP contribution in [0.1, 0.15) is 35.3 Å². The Balaban J connectivity index is 2.45. The number of esters is 1. The standard InChI is InChI=1S/C22H19F4N3O3S/c1-21(2,28(3)14-7-8-16(18(23)10-14)19(30)32-4)20(31)29(12-33)15-6-5-13(11-27)17(9-15)22(24,25)26/h5-10,12H,1-4H3. The van der Waals surface area contributed by atoms with Crippen molar-refractivity contribution in [3.63, 3.8) is 0 Å². The second-order valence-corrected chi connectivity index (χ2v) is 7.60. The lowest BCUT2D eigenvalue weighted by Crippen LogP contribution is -2.55. The van der Waals surface area contributed by atoms with Crippen LogP contribution in [0.25, 0.3) is 0 Å². The van der Waals surface area contributed by atoms with Crippen molar-refractivity contribution in [1.29, 1.82) is 5.26 Å². The molecule has 11 heteroatoms. The molecule has 174 valence electrons. The summed E-state index contributed by atoms with van der Waals surface area (Å²) in [5.74, 6) is -2.46. The lowest BCUT2D eigenvalue weighted by molar-refractivity contribution is -0.137. The molecule has 0 spiro atoms. The van der Waals surface area contributed by atoms with Gasteiger partial charge in [-0.3, -0.25) is 9.69 Å². The number of anilines is 2. The van der Waals surface area contributed by atoms with Crippen molar-refractivity contribution >= 4 is 41.0 Å². The molecule has 0 aliphatic heterocycles. The number of nitrogens with zero attached hydrogens (tertiary/aromatic N) is 3. The summed E-state index contributed by atoms with van der Waals surface area (Å²) in [6, 6.07) is 7.89. The molecule has 0 saturated carbocycles. The number of rotatable bonds is 6. The summed E-state index contributed by atoms with van der Waals surface area (Å²) in [6.45, 7) is 2.95. The zero-order valence-corrected chi connectivity index (χ0v) is 18.8. The summed E-state index contributed by atoms with van der Waals surface area (Å²) in [4.78, 5) is 27.1. The Kier molecular flexibility index (Phi) is 7.44. The van der Waals surface area contributed by atoms with Gasteiger partial charge in [-0.15, -0.1) is 0 Å². The van der Waals surface area contributed by atoms with Crippen molar-refractivity contribution in [2.24, 2.45) is 0 Å². The predicted molar refractivity (Wildman–Crippen MR) is 118 cm³/mol. The molecule has 0 atom stereocenters. The Hall–Kier alpha value is -3.52. The third kappa shape index (κ3) is 5.12. The number of amides is 1. The fourth-order valence-electron chi connectivity index (χ4n) is 2.99. The van der Waals surface area contributed by atoms with E-state index in [1.54, 1.807) is 0 Å². The summed E-state index contributed by atoms with van der Waals surface area (Å²) in [7, 11) is 2.59. The van der Waals surface area contributed by atoms with E-state index in [1.807, 2.05) is 0 Å². The van der Waals surface area contributed by atoms with Crippen LogP contribution in [-0.4, -0.2) is 37.1 Å². The van der Waals surface area contributed by atoms with Crippen LogP contribution < -0.4 is 9.80 Å². The Morgan fingerprint density at radius 3 is 2.21 bits per heavy atom. The molecule has 0 aromatic heterocycles. The van der Waals surface area contributed by atoms with E-state index < -0.39 is 40.5 Å². The molecule has 0 aliphatic carbocycles. The van der Waals surface area contributed by atoms with E-state index in [1.165, 1.54) is 50.1 Å². The van der Waals surface area contributed by atoms with Crippen LogP contribution in [0.2, 0.25) is 0 Å². The third-order valence-corrected chi connectivity index (χ3v) is 5.35. The summed E-state index contributed by atoms with van der Waals surface area (Å²) >= 11 is 4.89. The van der Waals surface area contributed by atoms with E-state index in [2.05, 4.69) is 4.74 Å². The fraction of sp³-hybridized carbons (Fsp3) is 0.273. The predicted octanol–water partition coefficient (Wildman–Crippen LogP) is 4.71. The van der Waals surface area contributed by atoms with E-state index in [4.69, 9.17) is 17.5 Å². The van der Waals surface area contributed by atoms with E-state index >= 15 is 0 Å². The highest BCUT2D eigenvalue weighted by molar-refractivity contribution is 7.79. The van der Waals surface area contributed by atoms with E-state index in [0.717, 1.165) is 29.6 Å². The van der Waals surface area contributed by atoms with Crippen molar-refractivity contribution in [1.82, 2.24) is 0 Å². The molecule has 0 bridgehead atoms. The maximum absolute atomic E-state index is 14.4. The molecule has 0 fully saturated rings. The summed E-state index contributed by atoms with van der Waals surface area (Å²) in [6.07, 6.45) is -4.82. The van der Waals surface area contributed by atoms with Gasteiger partial charge in [0.1, 0.15) is 11.4 Å². The molecular weight excluding hydrogens is 462 g/mol. The van der Waals surface area contributed by atoms with Crippen LogP contribution in [0.5, 0.6) is 0 Å². The number of thiocarbonyl (C=S) groups is 1. The highest BCUT2D eigenvalue weighted by Crippen LogP contribution is 2.35. The topological polar surface area (TPSA) is 73.6 Å². The number of methoxy groups -OCH3 is 1. The smallest absolute Gasteiger partial charge is 0.417 e. The zero-order valence-electron chi connectivity index (χ0n) is 18.0. The van der Waals surface area contributed by atoms with Crippen LogP contribution in [0, 0.1) is 17.1 Å². The second-order valence-electron chi connectivity index (χ2n) is 7.39. The molecule has 0 radical (unpaired) electrons. The summed E-state index contributed by atoms with van der Waals surface area (Å²) in [5.41, 5.74) is -2.59. The third-order valence-electron chi connectivity index (χ3n) is 5.14. The van der Waals surface area contributed by atoms with Gasteiger partial charge in [0.15, 0.2) is 0 Å². The average Bonchev–Trinajstić information content (AvgIpc) is 2.77. The number of hydrogen-bond acceptors (Lipinski definition) is 6. The lowest BCUT2D eigenvalue weighted by Gasteiger charge is -2.38. The van der Waals surface area contributed by atoms with E-state index in [0.29, 0.717) is 6.07 Å². The van der Waals surface area contributed by atoms with E-state index in [9.17, 15) is 27.2 Å². The molecular formula is C22H19F4N3O3S. The van der Waals surface area contributed by atoms with E-state index in [-0.39, 0.29) is 16.9 Å². The number of benzene rings is 2. The minimum atomic E-state index is -4.82. The van der Waals surface area contributed by atoms with Gasteiger partial charge in [-0.25, -0.2) is 9.18 Å². The molecule has 33 heavy (non-hydrogen) atoms. The van der Waals surface area contributed by atoms with Gasteiger partial charge in [0.05, 0.1) is 35.4 Å². The molecule has 0 heterocycles. The molecule has 2 rings (SSSR count). The highest BCUT2D eigenvalue weighted by atomic mass is 32.1. The van der Waals surface area contributed by atoms with Crippen LogP contribution in [0.15, 0.2) is 36.4 Å². The minimum Gasteiger partial charge on any atom is -0.465 e. The summed E-state index contributed by atoms with van der Waals surface area (Å²) in [5, 5.41) is 8.97. The van der Waals surface area contributed by atoms with Gasteiger partial charge in [-0.1, -0.05) is 12.2 Å². The van der Waals surface area contributed by atoms with Crippen molar-refractivity contribution in [2.75, 3.05) is 24.0 Å². The van der Waals surface area contributed by atoms with Gasteiger partial charge >= 0.3 is 12.1 Å². The Morgan fingerprint density at radius 2 is 1.73 bits per heavy atom. The van der Waals surface area contributed by atoms with Gasteiger partial charge in [0, 0.05) is 18.4 Å². The first-order valence-electron chi connectivity index (χ1n) is 9.31. The zero-order chi connectivity index (χ0) is 25.1. The van der Waals surface area contributed by atoms with Crippen molar-refractivity contribution < 1.29 is 31.9 Å². The van der Waals surface area contributed by atoms with Crippen molar-refractivity contribution in [3.05, 3.63) is 58.9 Å². The molecule has 2 aromatic rings. The number of hydrogen-bond donors (Lipinski definition) is 0. The first-order chi connectivity index (χ1) is 15.3. The lowest BCUT2D eigenvalue weighted by atomic mass is 9.99. The molecule has 1 amide bonds. The second kappa shape index (κ2) is 9.54. The maximum atomic E-state index is 14.4. The van der Waals surface area contributed by atoms with Crippen molar-refractivity contribution in [3.8, 4) is 6.07 Å². The normalized spacial score (nSPS) is 11.4. The van der Waals surface area contributed by atoms with Gasteiger partial charge in [0.2, 0.25) is 0 Å². The Labute approximate surface area is 193 Å². The van der Waals surface area contributed by atoms with Crippen LogP contribution in [-0.2, 0) is 15.7 Å². The first kappa shape index (κ1) is 25.7. The monoisotopic (exact) mass is 481 g/mol. The largest absolute Gasteiger partial charge is 0.465 e. The fourth-order valence-corrected chi connectivity index (χ4v) is 3.21. The molecule has 0 aliphatic rings. The first-order valence-corrected chi connectivity index (χ1v) is 9.78. The van der Waals surface area contributed by atoms with Crippen LogP contribution >= 0.6 is 12.2 Å². The van der Waals surface area contributed by atoms with Gasteiger partial charge in [0.25, 0.3) is 5.91 Å². The number of nitriles is 1. The SMILES string of the molecule is COC(=O)c1ccc(N(C)C(C)(C)C(=O)N(C=S)c2ccc(C#N)c(C(F)(F)F)c2)cc1F. The highest BCUT2D eigenvalue weighted by Gasteiger charge is 2.39. The Morgan fingerprint density at radius 1 is 1.12 bits per heavy atom. The quantitative estimate of drug-likeness (QED) is 0.338. The number of halogens is 4. The molecule has 0 unspecified atom stereocenters. The number of ether oxygens (including phenoxy) is 1. The maximum Gasteiger partial charge on any atom is 0.417 e. The number of likely N-dealkylation sites (N-methyl/N-ethyl adjacent to an activating group) is 1. The van der Waals surface area contributed by atoms with Gasteiger partial charge < -0.3 is 9.64 Å². The van der Waals surface area contributed by atoms with Gasteiger partial charge in [-0.05, 0) is 50.2 Å². The molecule has 2 aromatic carbocycles. The molecule has 0 saturated heterocycles. The van der Waals surface area contributed by atoms with Crippen LogP contribution in [0.4, 0.5) is 28.9 Å². The number of alkyl halides is 3. The number of carbonyl (C=O) groups excluding carboxylic acids is 2. The Bertz CT molecular complexity index is 1140.